The van der Waals surface area contributed by atoms with E-state index in [9.17, 15) is 9.59 Å². The van der Waals surface area contributed by atoms with E-state index in [1.54, 1.807) is 4.90 Å². The topological polar surface area (TPSA) is 75.6 Å². The molecule has 1 aliphatic heterocycles. The standard InChI is InChI=1S/C15H21ClN4O3/c1-15(2,3)23-14(22)20-6-4-5-19(7-8-20)13-11(9-21)12(16)17-10-18-13/h9-10H,4-8H2,1-3H3. The van der Waals surface area contributed by atoms with Crippen LogP contribution in [0, 0.1) is 0 Å². The number of ether oxygens (including phenoxy) is 1. The lowest BCUT2D eigenvalue weighted by Gasteiger charge is -2.26. The van der Waals surface area contributed by atoms with E-state index in [1.807, 2.05) is 25.7 Å². The highest BCUT2D eigenvalue weighted by atomic mass is 35.5. The lowest BCUT2D eigenvalue weighted by atomic mass is 10.2. The van der Waals surface area contributed by atoms with Crippen LogP contribution < -0.4 is 4.90 Å². The number of hydrogen-bond acceptors (Lipinski definition) is 6. The van der Waals surface area contributed by atoms with Crippen LogP contribution in [0.5, 0.6) is 0 Å². The first-order chi connectivity index (χ1) is 10.8. The molecule has 0 radical (unpaired) electrons. The molecule has 2 rings (SSSR count). The van der Waals surface area contributed by atoms with E-state index in [-0.39, 0.29) is 16.8 Å². The summed E-state index contributed by atoms with van der Waals surface area (Å²) in [7, 11) is 0. The van der Waals surface area contributed by atoms with Gasteiger partial charge in [-0.05, 0) is 27.2 Å². The number of anilines is 1. The Balaban J connectivity index is 2.09. The van der Waals surface area contributed by atoms with Gasteiger partial charge in [-0.25, -0.2) is 14.8 Å². The van der Waals surface area contributed by atoms with Gasteiger partial charge in [0.1, 0.15) is 22.9 Å². The van der Waals surface area contributed by atoms with Crippen molar-refractivity contribution in [2.24, 2.45) is 0 Å². The fourth-order valence-corrected chi connectivity index (χ4v) is 2.53. The molecule has 8 heteroatoms. The first-order valence-electron chi connectivity index (χ1n) is 7.50. The minimum atomic E-state index is -0.520. The highest BCUT2D eigenvalue weighted by Gasteiger charge is 2.26. The van der Waals surface area contributed by atoms with Gasteiger partial charge in [-0.3, -0.25) is 4.79 Å². The molecule has 1 amide bonds. The van der Waals surface area contributed by atoms with E-state index < -0.39 is 5.60 Å². The summed E-state index contributed by atoms with van der Waals surface area (Å²) in [6.07, 6.45) is 2.42. The highest BCUT2D eigenvalue weighted by Crippen LogP contribution is 2.23. The van der Waals surface area contributed by atoms with Crippen molar-refractivity contribution in [2.45, 2.75) is 32.8 Å². The Hall–Kier alpha value is -1.89. The third-order valence-electron chi connectivity index (χ3n) is 3.38. The molecular formula is C15H21ClN4O3. The van der Waals surface area contributed by atoms with Gasteiger partial charge in [0.2, 0.25) is 0 Å². The smallest absolute Gasteiger partial charge is 0.410 e. The second kappa shape index (κ2) is 7.12. The molecule has 23 heavy (non-hydrogen) atoms. The van der Waals surface area contributed by atoms with Crippen LogP contribution in [0.2, 0.25) is 5.15 Å². The number of hydrogen-bond donors (Lipinski definition) is 0. The van der Waals surface area contributed by atoms with Gasteiger partial charge in [-0.15, -0.1) is 0 Å². The van der Waals surface area contributed by atoms with Crippen LogP contribution in [0.4, 0.5) is 10.6 Å². The van der Waals surface area contributed by atoms with Crippen LogP contribution in [0.3, 0.4) is 0 Å². The number of carbonyl (C=O) groups is 2. The molecule has 7 nitrogen and oxygen atoms in total. The number of halogens is 1. The number of amides is 1. The summed E-state index contributed by atoms with van der Waals surface area (Å²) >= 11 is 5.95. The van der Waals surface area contributed by atoms with Gasteiger partial charge in [0.05, 0.1) is 5.56 Å². The molecule has 0 N–H and O–H groups in total. The van der Waals surface area contributed by atoms with Crippen molar-refractivity contribution in [2.75, 3.05) is 31.1 Å². The second-order valence-corrected chi connectivity index (χ2v) is 6.69. The Bertz CT molecular complexity index is 589. The molecular weight excluding hydrogens is 320 g/mol. The number of nitrogens with zero attached hydrogens (tertiary/aromatic N) is 4. The average Bonchev–Trinajstić information content (AvgIpc) is 2.71. The summed E-state index contributed by atoms with van der Waals surface area (Å²) in [5.41, 5.74) is -0.242. The Morgan fingerprint density at radius 2 is 2.00 bits per heavy atom. The fraction of sp³-hybridized carbons (Fsp3) is 0.600. The number of rotatable bonds is 2. The molecule has 0 bridgehead atoms. The zero-order chi connectivity index (χ0) is 17.0. The van der Waals surface area contributed by atoms with E-state index in [4.69, 9.17) is 16.3 Å². The molecule has 0 saturated carbocycles. The fourth-order valence-electron chi connectivity index (χ4n) is 2.36. The van der Waals surface area contributed by atoms with Crippen LogP contribution in [0.1, 0.15) is 37.6 Å². The van der Waals surface area contributed by atoms with Crippen molar-refractivity contribution >= 4 is 29.8 Å². The van der Waals surface area contributed by atoms with Gasteiger partial charge in [-0.1, -0.05) is 11.6 Å². The summed E-state index contributed by atoms with van der Waals surface area (Å²) in [6, 6.07) is 0. The van der Waals surface area contributed by atoms with Crippen LogP contribution in [-0.4, -0.2) is 59.0 Å². The quantitative estimate of drug-likeness (QED) is 0.608. The van der Waals surface area contributed by atoms with Crippen LogP contribution in [0.25, 0.3) is 0 Å². The molecule has 0 spiro atoms. The largest absolute Gasteiger partial charge is 0.444 e. The summed E-state index contributed by atoms with van der Waals surface area (Å²) in [5, 5.41) is 0.137. The normalized spacial score (nSPS) is 16.0. The Kier molecular flexibility index (Phi) is 5.41. The summed E-state index contributed by atoms with van der Waals surface area (Å²) < 4.78 is 5.40. The molecule has 0 atom stereocenters. The van der Waals surface area contributed by atoms with E-state index in [0.717, 1.165) is 6.42 Å². The molecule has 126 valence electrons. The maximum Gasteiger partial charge on any atom is 0.410 e. The Morgan fingerprint density at radius 3 is 2.65 bits per heavy atom. The van der Waals surface area contributed by atoms with Crippen molar-refractivity contribution < 1.29 is 14.3 Å². The Morgan fingerprint density at radius 1 is 1.26 bits per heavy atom. The van der Waals surface area contributed by atoms with E-state index in [0.29, 0.717) is 38.3 Å². The van der Waals surface area contributed by atoms with Gasteiger partial charge >= 0.3 is 6.09 Å². The second-order valence-electron chi connectivity index (χ2n) is 6.33. The minimum Gasteiger partial charge on any atom is -0.444 e. The van der Waals surface area contributed by atoms with Crippen molar-refractivity contribution in [3.05, 3.63) is 17.0 Å². The first kappa shape index (κ1) is 17.5. The number of aromatic nitrogens is 2. The molecule has 0 unspecified atom stereocenters. The van der Waals surface area contributed by atoms with E-state index >= 15 is 0 Å². The highest BCUT2D eigenvalue weighted by molar-refractivity contribution is 6.32. The molecule has 2 heterocycles. The van der Waals surface area contributed by atoms with Gasteiger partial charge in [0.15, 0.2) is 6.29 Å². The predicted molar refractivity (Wildman–Crippen MR) is 87.1 cm³/mol. The molecule has 0 aliphatic carbocycles. The van der Waals surface area contributed by atoms with Crippen LogP contribution in [0.15, 0.2) is 6.33 Å². The minimum absolute atomic E-state index is 0.137. The zero-order valence-electron chi connectivity index (χ0n) is 13.6. The van der Waals surface area contributed by atoms with E-state index in [1.165, 1.54) is 6.33 Å². The summed E-state index contributed by atoms with van der Waals surface area (Å²) in [5.74, 6) is 0.506. The molecule has 1 aliphatic rings. The van der Waals surface area contributed by atoms with Crippen LogP contribution >= 0.6 is 11.6 Å². The van der Waals surface area contributed by atoms with Gasteiger partial charge in [0.25, 0.3) is 0 Å². The lowest BCUT2D eigenvalue weighted by molar-refractivity contribution is 0.0263. The van der Waals surface area contributed by atoms with Crippen molar-refractivity contribution in [3.8, 4) is 0 Å². The van der Waals surface area contributed by atoms with Crippen molar-refractivity contribution in [1.82, 2.24) is 14.9 Å². The average molecular weight is 341 g/mol. The molecule has 0 aromatic carbocycles. The maximum atomic E-state index is 12.2. The third kappa shape index (κ3) is 4.54. The first-order valence-corrected chi connectivity index (χ1v) is 7.88. The lowest BCUT2D eigenvalue weighted by Crippen LogP contribution is -2.39. The third-order valence-corrected chi connectivity index (χ3v) is 3.68. The number of aldehydes is 1. The maximum absolute atomic E-state index is 12.2. The number of carbonyl (C=O) groups excluding carboxylic acids is 2. The molecule has 1 saturated heterocycles. The van der Waals surface area contributed by atoms with Gasteiger partial charge in [-0.2, -0.15) is 0 Å². The van der Waals surface area contributed by atoms with Crippen molar-refractivity contribution in [1.29, 1.82) is 0 Å². The zero-order valence-corrected chi connectivity index (χ0v) is 14.3. The monoisotopic (exact) mass is 340 g/mol. The SMILES string of the molecule is CC(C)(C)OC(=O)N1CCCN(c2ncnc(Cl)c2C=O)CC1. The predicted octanol–water partition coefficient (Wildman–Crippen LogP) is 2.39. The van der Waals surface area contributed by atoms with Crippen molar-refractivity contribution in [3.63, 3.8) is 0 Å². The Labute approximate surface area is 140 Å². The molecule has 1 aromatic rings. The van der Waals surface area contributed by atoms with Gasteiger partial charge in [0, 0.05) is 26.2 Å². The summed E-state index contributed by atoms with van der Waals surface area (Å²) in [6.45, 7) is 7.84. The van der Waals surface area contributed by atoms with Gasteiger partial charge < -0.3 is 14.5 Å². The van der Waals surface area contributed by atoms with Crippen LogP contribution in [-0.2, 0) is 4.74 Å². The van der Waals surface area contributed by atoms with E-state index in [2.05, 4.69) is 9.97 Å². The molecule has 1 fully saturated rings. The molecule has 1 aromatic heterocycles. The summed E-state index contributed by atoms with van der Waals surface area (Å²) in [4.78, 5) is 35.0.